The van der Waals surface area contributed by atoms with Gasteiger partial charge in [0.05, 0.1) is 24.3 Å². The van der Waals surface area contributed by atoms with E-state index in [1.54, 1.807) is 6.07 Å². The van der Waals surface area contributed by atoms with E-state index in [4.69, 9.17) is 10.00 Å². The number of nitrogens with zero attached hydrogens (tertiary/aromatic N) is 1. The van der Waals surface area contributed by atoms with Gasteiger partial charge < -0.3 is 10.1 Å². The molecule has 0 radical (unpaired) electrons. The largest absolute Gasteiger partial charge is 0.380 e. The van der Waals surface area contributed by atoms with E-state index < -0.39 is 5.82 Å². The molecule has 0 amide bonds. The molecular formula is C11H11FN2O. The predicted molar refractivity (Wildman–Crippen MR) is 54.0 cm³/mol. The summed E-state index contributed by atoms with van der Waals surface area (Å²) in [6, 6.07) is 6.39. The van der Waals surface area contributed by atoms with Gasteiger partial charge in [0.25, 0.3) is 0 Å². The Balaban J connectivity index is 2.13. The van der Waals surface area contributed by atoms with Crippen molar-refractivity contribution in [1.82, 2.24) is 0 Å². The first-order valence-corrected chi connectivity index (χ1v) is 4.83. The molecule has 1 saturated heterocycles. The molecule has 15 heavy (non-hydrogen) atoms. The molecule has 0 spiro atoms. The summed E-state index contributed by atoms with van der Waals surface area (Å²) in [7, 11) is 0. The van der Waals surface area contributed by atoms with Crippen molar-refractivity contribution in [1.29, 1.82) is 5.26 Å². The fourth-order valence-electron chi connectivity index (χ4n) is 1.62. The lowest BCUT2D eigenvalue weighted by Crippen LogP contribution is -2.18. The molecule has 1 heterocycles. The molecule has 1 fully saturated rings. The van der Waals surface area contributed by atoms with Crippen LogP contribution in [0.25, 0.3) is 0 Å². The highest BCUT2D eigenvalue weighted by molar-refractivity contribution is 5.50. The normalized spacial score (nSPS) is 19.9. The maximum atomic E-state index is 13.1. The van der Waals surface area contributed by atoms with Crippen LogP contribution in [-0.4, -0.2) is 19.3 Å². The van der Waals surface area contributed by atoms with Gasteiger partial charge in [-0.2, -0.15) is 5.26 Å². The van der Waals surface area contributed by atoms with Gasteiger partial charge in [0.1, 0.15) is 5.82 Å². The zero-order valence-electron chi connectivity index (χ0n) is 8.16. The zero-order chi connectivity index (χ0) is 10.7. The number of hydrogen-bond donors (Lipinski definition) is 1. The summed E-state index contributed by atoms with van der Waals surface area (Å²) < 4.78 is 18.3. The summed E-state index contributed by atoms with van der Waals surface area (Å²) in [4.78, 5) is 0. The van der Waals surface area contributed by atoms with Crippen LogP contribution < -0.4 is 5.32 Å². The van der Waals surface area contributed by atoms with Gasteiger partial charge in [-0.05, 0) is 24.6 Å². The van der Waals surface area contributed by atoms with E-state index in [0.717, 1.165) is 13.0 Å². The van der Waals surface area contributed by atoms with Crippen molar-refractivity contribution in [2.45, 2.75) is 12.5 Å². The maximum absolute atomic E-state index is 13.1. The van der Waals surface area contributed by atoms with Crippen LogP contribution in [0.1, 0.15) is 12.0 Å². The molecule has 2 rings (SSSR count). The highest BCUT2D eigenvalue weighted by Gasteiger charge is 2.15. The molecule has 0 bridgehead atoms. The van der Waals surface area contributed by atoms with Crippen LogP contribution in [0.3, 0.4) is 0 Å². The lowest BCUT2D eigenvalue weighted by atomic mass is 10.2. The molecule has 3 nitrogen and oxygen atoms in total. The summed E-state index contributed by atoms with van der Waals surface area (Å²) in [6.07, 6.45) is 0.915. The number of benzene rings is 1. The van der Waals surface area contributed by atoms with Crippen molar-refractivity contribution in [2.75, 3.05) is 18.5 Å². The number of nitriles is 1. The minimum Gasteiger partial charge on any atom is -0.380 e. The molecule has 1 aromatic carbocycles. The SMILES string of the molecule is N#Cc1cc(F)cc(NC2CCOC2)c1. The molecule has 1 aliphatic heterocycles. The second-order valence-electron chi connectivity index (χ2n) is 3.55. The van der Waals surface area contributed by atoms with Gasteiger partial charge in [0.15, 0.2) is 0 Å². The first kappa shape index (κ1) is 9.94. The van der Waals surface area contributed by atoms with Crippen LogP contribution in [-0.2, 0) is 4.74 Å². The van der Waals surface area contributed by atoms with Crippen LogP contribution in [0, 0.1) is 17.1 Å². The van der Waals surface area contributed by atoms with Crippen LogP contribution in [0.4, 0.5) is 10.1 Å². The molecule has 0 aliphatic carbocycles. The topological polar surface area (TPSA) is 45.0 Å². The van der Waals surface area contributed by atoms with Crippen LogP contribution in [0.15, 0.2) is 18.2 Å². The number of nitrogens with one attached hydrogen (secondary N) is 1. The summed E-state index contributed by atoms with van der Waals surface area (Å²) in [6.45, 7) is 1.37. The smallest absolute Gasteiger partial charge is 0.126 e. The monoisotopic (exact) mass is 206 g/mol. The van der Waals surface area contributed by atoms with E-state index in [2.05, 4.69) is 5.32 Å². The Bertz CT molecular complexity index is 394. The Morgan fingerprint density at radius 1 is 1.47 bits per heavy atom. The van der Waals surface area contributed by atoms with Gasteiger partial charge in [-0.15, -0.1) is 0 Å². The van der Waals surface area contributed by atoms with E-state index in [-0.39, 0.29) is 6.04 Å². The third-order valence-corrected chi connectivity index (χ3v) is 2.33. The van der Waals surface area contributed by atoms with Gasteiger partial charge in [0.2, 0.25) is 0 Å². The van der Waals surface area contributed by atoms with Crippen LogP contribution in [0.2, 0.25) is 0 Å². The molecule has 1 N–H and O–H groups in total. The fourth-order valence-corrected chi connectivity index (χ4v) is 1.62. The lowest BCUT2D eigenvalue weighted by Gasteiger charge is -2.12. The number of hydrogen-bond acceptors (Lipinski definition) is 3. The van der Waals surface area contributed by atoms with Crippen LogP contribution >= 0.6 is 0 Å². The van der Waals surface area contributed by atoms with E-state index in [1.165, 1.54) is 12.1 Å². The average Bonchev–Trinajstić information content (AvgIpc) is 2.69. The quantitative estimate of drug-likeness (QED) is 0.803. The van der Waals surface area contributed by atoms with Crippen molar-refractivity contribution < 1.29 is 9.13 Å². The Morgan fingerprint density at radius 2 is 2.33 bits per heavy atom. The van der Waals surface area contributed by atoms with Gasteiger partial charge in [-0.3, -0.25) is 0 Å². The van der Waals surface area contributed by atoms with Crippen LogP contribution in [0.5, 0.6) is 0 Å². The third-order valence-electron chi connectivity index (χ3n) is 2.33. The molecule has 0 saturated carbocycles. The Morgan fingerprint density at radius 3 is 3.00 bits per heavy atom. The highest BCUT2D eigenvalue weighted by Crippen LogP contribution is 2.17. The molecule has 1 aromatic rings. The first-order valence-electron chi connectivity index (χ1n) is 4.83. The Labute approximate surface area is 87.5 Å². The Hall–Kier alpha value is -1.60. The molecule has 0 aromatic heterocycles. The molecule has 1 atom stereocenters. The summed E-state index contributed by atoms with van der Waals surface area (Å²) >= 11 is 0. The van der Waals surface area contributed by atoms with Crippen molar-refractivity contribution in [3.8, 4) is 6.07 Å². The van der Waals surface area contributed by atoms with Crippen molar-refractivity contribution in [3.05, 3.63) is 29.6 Å². The lowest BCUT2D eigenvalue weighted by molar-refractivity contribution is 0.195. The van der Waals surface area contributed by atoms with Crippen molar-refractivity contribution >= 4 is 5.69 Å². The van der Waals surface area contributed by atoms with Gasteiger partial charge in [0, 0.05) is 12.3 Å². The number of ether oxygens (including phenoxy) is 1. The van der Waals surface area contributed by atoms with Gasteiger partial charge in [-0.1, -0.05) is 0 Å². The molecule has 1 aliphatic rings. The summed E-state index contributed by atoms with van der Waals surface area (Å²) in [5.74, 6) is -0.393. The third kappa shape index (κ3) is 2.45. The number of anilines is 1. The summed E-state index contributed by atoms with van der Waals surface area (Å²) in [5, 5.41) is 11.8. The van der Waals surface area contributed by atoms with E-state index in [9.17, 15) is 4.39 Å². The second kappa shape index (κ2) is 4.28. The van der Waals surface area contributed by atoms with Crippen molar-refractivity contribution in [3.63, 3.8) is 0 Å². The molecule has 1 unspecified atom stereocenters. The number of halogens is 1. The highest BCUT2D eigenvalue weighted by atomic mass is 19.1. The van der Waals surface area contributed by atoms with E-state index >= 15 is 0 Å². The molecule has 4 heteroatoms. The van der Waals surface area contributed by atoms with E-state index in [1.807, 2.05) is 6.07 Å². The molecular weight excluding hydrogens is 195 g/mol. The average molecular weight is 206 g/mol. The molecule has 78 valence electrons. The Kier molecular flexibility index (Phi) is 2.84. The second-order valence-corrected chi connectivity index (χ2v) is 3.55. The maximum Gasteiger partial charge on any atom is 0.126 e. The van der Waals surface area contributed by atoms with Gasteiger partial charge in [-0.25, -0.2) is 4.39 Å². The minimum atomic E-state index is -0.393. The van der Waals surface area contributed by atoms with Gasteiger partial charge >= 0.3 is 0 Å². The first-order chi connectivity index (χ1) is 7.28. The standard InChI is InChI=1S/C11H11FN2O/c12-9-3-8(6-13)4-11(5-9)14-10-1-2-15-7-10/h3-5,10,14H,1-2,7H2. The minimum absolute atomic E-state index is 0.221. The number of rotatable bonds is 2. The zero-order valence-corrected chi connectivity index (χ0v) is 8.16. The van der Waals surface area contributed by atoms with Crippen molar-refractivity contribution in [2.24, 2.45) is 0 Å². The van der Waals surface area contributed by atoms with E-state index in [0.29, 0.717) is 17.9 Å². The fraction of sp³-hybridized carbons (Fsp3) is 0.364. The predicted octanol–water partition coefficient (Wildman–Crippen LogP) is 1.90. The summed E-state index contributed by atoms with van der Waals surface area (Å²) in [5.41, 5.74) is 0.971.